The summed E-state index contributed by atoms with van der Waals surface area (Å²) in [6, 6.07) is 10.1. The van der Waals surface area contributed by atoms with Crippen LogP contribution in [0.5, 0.6) is 5.75 Å². The highest BCUT2D eigenvalue weighted by molar-refractivity contribution is 5.97. The fourth-order valence-corrected chi connectivity index (χ4v) is 4.13. The van der Waals surface area contributed by atoms with Crippen molar-refractivity contribution in [2.75, 3.05) is 12.3 Å². The lowest BCUT2D eigenvalue weighted by Crippen LogP contribution is -2.37. The van der Waals surface area contributed by atoms with Crippen LogP contribution < -0.4 is 10.5 Å². The van der Waals surface area contributed by atoms with Crippen molar-refractivity contribution in [2.24, 2.45) is 0 Å². The van der Waals surface area contributed by atoms with Gasteiger partial charge in [-0.25, -0.2) is 8.91 Å². The van der Waals surface area contributed by atoms with Crippen molar-refractivity contribution in [2.45, 2.75) is 31.9 Å². The van der Waals surface area contributed by atoms with Gasteiger partial charge in [-0.15, -0.1) is 5.10 Å². The van der Waals surface area contributed by atoms with E-state index in [1.54, 1.807) is 27.9 Å². The average Bonchev–Trinajstić information content (AvgIpc) is 3.55. The molecule has 1 aliphatic heterocycles. The highest BCUT2D eigenvalue weighted by atomic mass is 19.1. The Morgan fingerprint density at radius 1 is 1.15 bits per heavy atom. The Kier molecular flexibility index (Phi) is 4.49. The highest BCUT2D eigenvalue weighted by Crippen LogP contribution is 2.32. The topological polar surface area (TPSA) is 98.6 Å². The van der Waals surface area contributed by atoms with E-state index in [4.69, 9.17) is 10.5 Å². The third-order valence-electron chi connectivity index (χ3n) is 6.00. The van der Waals surface area contributed by atoms with Gasteiger partial charge in [0.05, 0.1) is 17.4 Å². The van der Waals surface area contributed by atoms with E-state index in [0.29, 0.717) is 35.5 Å². The van der Waals surface area contributed by atoms with Crippen molar-refractivity contribution in [3.8, 4) is 16.9 Å². The van der Waals surface area contributed by atoms with Gasteiger partial charge in [0.15, 0.2) is 5.65 Å². The summed E-state index contributed by atoms with van der Waals surface area (Å²) in [5, 5.41) is 4.08. The number of hydrogen-bond acceptors (Lipinski definition) is 6. The summed E-state index contributed by atoms with van der Waals surface area (Å²) in [6.45, 7) is 0.801. The first kappa shape index (κ1) is 19.7. The molecule has 8 nitrogen and oxygen atoms in total. The first-order chi connectivity index (χ1) is 16.0. The Balaban J connectivity index is 1.29. The molecule has 2 N–H and O–H groups in total. The summed E-state index contributed by atoms with van der Waals surface area (Å²) in [4.78, 5) is 23.8. The van der Waals surface area contributed by atoms with E-state index >= 15 is 0 Å². The third kappa shape index (κ3) is 3.75. The molecule has 0 saturated heterocycles. The number of hydrogen-bond donors (Lipinski definition) is 1. The fourth-order valence-electron chi connectivity index (χ4n) is 4.13. The molecule has 166 valence electrons. The molecular weight excluding hydrogens is 423 g/mol. The molecule has 0 unspecified atom stereocenters. The van der Waals surface area contributed by atoms with E-state index in [1.807, 2.05) is 18.2 Å². The van der Waals surface area contributed by atoms with Gasteiger partial charge in [0.2, 0.25) is 5.95 Å². The Bertz CT molecular complexity index is 1400. The molecule has 2 aliphatic rings. The molecule has 1 aliphatic carbocycles. The number of nitrogen functional groups attached to an aromatic ring is 1. The minimum Gasteiger partial charge on any atom is -0.490 e. The maximum Gasteiger partial charge on any atom is 0.256 e. The summed E-state index contributed by atoms with van der Waals surface area (Å²) in [7, 11) is 0. The van der Waals surface area contributed by atoms with Crippen LogP contribution in [0.15, 0.2) is 48.8 Å². The zero-order valence-electron chi connectivity index (χ0n) is 17.7. The average molecular weight is 444 g/mol. The maximum absolute atomic E-state index is 14.0. The Labute approximate surface area is 188 Å². The summed E-state index contributed by atoms with van der Waals surface area (Å²) in [5.41, 5.74) is 9.96. The molecule has 9 heteroatoms. The van der Waals surface area contributed by atoms with Crippen LogP contribution in [0.4, 0.5) is 10.3 Å². The second kappa shape index (κ2) is 7.54. The van der Waals surface area contributed by atoms with Gasteiger partial charge in [-0.1, -0.05) is 0 Å². The molecule has 1 fully saturated rings. The van der Waals surface area contributed by atoms with Crippen LogP contribution in [-0.2, 0) is 13.0 Å². The Morgan fingerprint density at radius 3 is 2.88 bits per heavy atom. The summed E-state index contributed by atoms with van der Waals surface area (Å²) in [6.07, 6.45) is 6.38. The van der Waals surface area contributed by atoms with Crippen LogP contribution in [-0.4, -0.2) is 43.0 Å². The number of nitrogens with two attached hydrogens (primary N) is 1. The van der Waals surface area contributed by atoms with E-state index in [2.05, 4.69) is 15.1 Å². The molecule has 1 aromatic carbocycles. The monoisotopic (exact) mass is 444 g/mol. The lowest BCUT2D eigenvalue weighted by Gasteiger charge is -2.29. The van der Waals surface area contributed by atoms with Crippen LogP contribution in [0.25, 0.3) is 16.8 Å². The molecule has 6 rings (SSSR count). The molecule has 1 amide bonds. The number of benzene rings is 1. The molecule has 4 heterocycles. The van der Waals surface area contributed by atoms with Gasteiger partial charge in [0, 0.05) is 43.0 Å². The third-order valence-corrected chi connectivity index (χ3v) is 6.00. The smallest absolute Gasteiger partial charge is 0.256 e. The van der Waals surface area contributed by atoms with Gasteiger partial charge in [-0.2, -0.15) is 4.98 Å². The molecule has 4 aromatic rings. The van der Waals surface area contributed by atoms with E-state index in [9.17, 15) is 9.18 Å². The van der Waals surface area contributed by atoms with Gasteiger partial charge < -0.3 is 15.4 Å². The van der Waals surface area contributed by atoms with Crippen molar-refractivity contribution in [1.82, 2.24) is 24.5 Å². The normalized spacial score (nSPS) is 15.7. The van der Waals surface area contributed by atoms with Gasteiger partial charge in [-0.3, -0.25) is 9.78 Å². The second-order valence-corrected chi connectivity index (χ2v) is 8.45. The van der Waals surface area contributed by atoms with E-state index in [1.165, 1.54) is 12.1 Å². The van der Waals surface area contributed by atoms with Crippen molar-refractivity contribution in [3.05, 3.63) is 71.4 Å². The quantitative estimate of drug-likeness (QED) is 0.507. The summed E-state index contributed by atoms with van der Waals surface area (Å²) in [5.74, 6) is 0.376. The van der Waals surface area contributed by atoms with Crippen LogP contribution in [0.3, 0.4) is 0 Å². The van der Waals surface area contributed by atoms with E-state index in [0.717, 1.165) is 29.7 Å². The van der Waals surface area contributed by atoms with Crippen molar-refractivity contribution < 1.29 is 13.9 Å². The molecule has 1 saturated carbocycles. The number of halogens is 1. The van der Waals surface area contributed by atoms with Gasteiger partial charge >= 0.3 is 0 Å². The van der Waals surface area contributed by atoms with Crippen LogP contribution in [0.2, 0.25) is 0 Å². The minimum absolute atomic E-state index is 0.125. The summed E-state index contributed by atoms with van der Waals surface area (Å²) < 4.78 is 21.5. The number of anilines is 1. The van der Waals surface area contributed by atoms with Crippen LogP contribution in [0, 0.1) is 5.82 Å². The van der Waals surface area contributed by atoms with Crippen molar-refractivity contribution in [3.63, 3.8) is 0 Å². The lowest BCUT2D eigenvalue weighted by atomic mass is 9.99. The number of ether oxygens (including phenoxy) is 1. The molecule has 0 bridgehead atoms. The highest BCUT2D eigenvalue weighted by Gasteiger charge is 2.28. The molecule has 0 atom stereocenters. The van der Waals surface area contributed by atoms with Crippen molar-refractivity contribution in [1.29, 1.82) is 0 Å². The van der Waals surface area contributed by atoms with Gasteiger partial charge in [-0.05, 0) is 54.8 Å². The minimum atomic E-state index is -0.341. The van der Waals surface area contributed by atoms with Crippen molar-refractivity contribution >= 4 is 17.5 Å². The lowest BCUT2D eigenvalue weighted by molar-refractivity contribution is 0.0723. The zero-order chi connectivity index (χ0) is 22.5. The number of pyridine rings is 2. The van der Waals surface area contributed by atoms with Crippen LogP contribution >= 0.6 is 0 Å². The zero-order valence-corrected chi connectivity index (χ0v) is 17.7. The van der Waals surface area contributed by atoms with Gasteiger partial charge in [0.1, 0.15) is 11.6 Å². The molecule has 3 aromatic heterocycles. The number of amides is 1. The number of fused-ring (bicyclic) bond motifs is 2. The number of carbonyl (C=O) groups excluding carboxylic acids is 1. The van der Waals surface area contributed by atoms with Gasteiger partial charge in [0.25, 0.3) is 5.91 Å². The predicted octanol–water partition coefficient (Wildman–Crippen LogP) is 3.25. The standard InChI is InChI=1S/C24H21FN6O2/c25-17-1-4-21(33-18-2-3-18)16(9-17)13-30-7-6-20-19(23(30)32)10-15(12-27-20)14-5-8-31-22(11-14)28-24(26)29-31/h1,4-5,8-12,18H,2-3,6-7,13H2,(H2,26,29). The number of nitrogens with zero attached hydrogens (tertiary/aromatic N) is 5. The fraction of sp³-hybridized carbons (Fsp3) is 0.250. The molecule has 33 heavy (non-hydrogen) atoms. The SMILES string of the molecule is Nc1nc2cc(-c3cnc4c(c3)C(=O)N(Cc3cc(F)ccc3OC3CC3)CC4)ccn2n1. The molecule has 0 spiro atoms. The Hall–Kier alpha value is -4.01. The van der Waals surface area contributed by atoms with Crippen LogP contribution in [0.1, 0.15) is 34.5 Å². The first-order valence-corrected chi connectivity index (χ1v) is 10.9. The largest absolute Gasteiger partial charge is 0.490 e. The summed E-state index contributed by atoms with van der Waals surface area (Å²) >= 11 is 0. The first-order valence-electron chi connectivity index (χ1n) is 10.9. The molecule has 0 radical (unpaired) electrons. The maximum atomic E-state index is 14.0. The Morgan fingerprint density at radius 2 is 2.03 bits per heavy atom. The number of rotatable bonds is 5. The van der Waals surface area contributed by atoms with E-state index < -0.39 is 0 Å². The number of aromatic nitrogens is 4. The van der Waals surface area contributed by atoms with E-state index in [-0.39, 0.29) is 30.3 Å². The molecular formula is C24H21FN6O2. The second-order valence-electron chi connectivity index (χ2n) is 8.45. The predicted molar refractivity (Wildman–Crippen MR) is 119 cm³/mol. The number of carbonyl (C=O) groups is 1.